The zero-order valence-corrected chi connectivity index (χ0v) is 14.6. The van der Waals surface area contributed by atoms with Gasteiger partial charge in [-0.25, -0.2) is 4.68 Å². The fraction of sp³-hybridized carbons (Fsp3) is 0.150. The quantitative estimate of drug-likeness (QED) is 0.607. The van der Waals surface area contributed by atoms with Crippen LogP contribution in [0.4, 0.5) is 5.82 Å². The highest BCUT2D eigenvalue weighted by Crippen LogP contribution is 2.21. The molecule has 0 radical (unpaired) electrons. The van der Waals surface area contributed by atoms with Crippen molar-refractivity contribution in [2.75, 3.05) is 5.32 Å². The number of rotatable bonds is 4. The van der Waals surface area contributed by atoms with Crippen LogP contribution in [0.2, 0.25) is 0 Å². The summed E-state index contributed by atoms with van der Waals surface area (Å²) in [6.07, 6.45) is 1.67. The van der Waals surface area contributed by atoms with Crippen LogP contribution < -0.4 is 5.32 Å². The van der Waals surface area contributed by atoms with E-state index in [0.29, 0.717) is 29.4 Å². The first kappa shape index (κ1) is 16.1. The first-order valence-corrected chi connectivity index (χ1v) is 8.36. The molecule has 2 heterocycles. The van der Waals surface area contributed by atoms with E-state index in [0.717, 1.165) is 5.56 Å². The van der Waals surface area contributed by atoms with Gasteiger partial charge in [0.05, 0.1) is 18.4 Å². The van der Waals surface area contributed by atoms with Gasteiger partial charge >= 0.3 is 0 Å². The van der Waals surface area contributed by atoms with Gasteiger partial charge in [0.25, 0.3) is 5.91 Å². The maximum atomic E-state index is 12.6. The second kappa shape index (κ2) is 6.48. The number of benzene rings is 2. The Morgan fingerprint density at radius 2 is 1.92 bits per heavy atom. The predicted octanol–water partition coefficient (Wildman–Crippen LogP) is 3.94. The van der Waals surface area contributed by atoms with Crippen molar-refractivity contribution in [3.63, 3.8) is 0 Å². The lowest BCUT2D eigenvalue weighted by Crippen LogP contribution is -2.17. The van der Waals surface area contributed by atoms with Gasteiger partial charge in [-0.05, 0) is 30.2 Å². The first-order valence-electron chi connectivity index (χ1n) is 8.36. The molecule has 0 spiro atoms. The molecule has 0 atom stereocenters. The van der Waals surface area contributed by atoms with E-state index in [1.165, 1.54) is 10.8 Å². The molecule has 0 aliphatic heterocycles. The molecule has 2 aromatic heterocycles. The number of carbonyl (C=O) groups excluding carboxylic acids is 1. The highest BCUT2D eigenvalue weighted by molar-refractivity contribution is 6.05. The van der Waals surface area contributed by atoms with E-state index >= 15 is 0 Å². The minimum absolute atomic E-state index is 0.249. The van der Waals surface area contributed by atoms with Crippen molar-refractivity contribution in [1.82, 2.24) is 14.9 Å². The van der Waals surface area contributed by atoms with Crippen molar-refractivity contribution in [3.05, 3.63) is 77.3 Å². The normalized spacial score (nSPS) is 11.0. The van der Waals surface area contributed by atoms with Gasteiger partial charge in [-0.3, -0.25) is 4.79 Å². The summed E-state index contributed by atoms with van der Waals surface area (Å²) in [7, 11) is 0. The number of hydrogen-bond donors (Lipinski definition) is 1. The SMILES string of the molecule is Cc1noc(C)c1C(=O)Nc1ccnn1Cc1cccc2ccccc12. The van der Waals surface area contributed by atoms with Crippen molar-refractivity contribution >= 4 is 22.5 Å². The maximum absolute atomic E-state index is 12.6. The number of aryl methyl sites for hydroxylation is 2. The Morgan fingerprint density at radius 1 is 1.12 bits per heavy atom. The zero-order valence-electron chi connectivity index (χ0n) is 14.6. The summed E-state index contributed by atoms with van der Waals surface area (Å²) in [5.74, 6) is 0.879. The van der Waals surface area contributed by atoms with Crippen LogP contribution in [0, 0.1) is 13.8 Å². The van der Waals surface area contributed by atoms with Crippen LogP contribution >= 0.6 is 0 Å². The number of nitrogens with one attached hydrogen (secondary N) is 1. The molecule has 1 N–H and O–H groups in total. The zero-order chi connectivity index (χ0) is 18.1. The molecule has 130 valence electrons. The molecule has 1 amide bonds. The summed E-state index contributed by atoms with van der Waals surface area (Å²) in [6.45, 7) is 4.03. The number of anilines is 1. The van der Waals surface area contributed by atoms with E-state index < -0.39 is 0 Å². The van der Waals surface area contributed by atoms with Gasteiger partial charge in [-0.2, -0.15) is 5.10 Å². The van der Waals surface area contributed by atoms with Crippen molar-refractivity contribution in [3.8, 4) is 0 Å². The molecule has 0 fully saturated rings. The molecule has 4 aromatic rings. The highest BCUT2D eigenvalue weighted by Gasteiger charge is 2.19. The maximum Gasteiger partial charge on any atom is 0.262 e. The first-order chi connectivity index (χ1) is 12.6. The Labute approximate surface area is 150 Å². The van der Waals surface area contributed by atoms with Crippen LogP contribution in [0.5, 0.6) is 0 Å². The molecule has 0 saturated carbocycles. The second-order valence-electron chi connectivity index (χ2n) is 6.17. The number of nitrogens with zero attached hydrogens (tertiary/aromatic N) is 3. The Balaban J connectivity index is 1.62. The van der Waals surface area contributed by atoms with Gasteiger partial charge in [0, 0.05) is 6.07 Å². The fourth-order valence-corrected chi connectivity index (χ4v) is 3.14. The van der Waals surface area contributed by atoms with Crippen LogP contribution in [-0.4, -0.2) is 20.8 Å². The molecule has 0 bridgehead atoms. The molecule has 6 heteroatoms. The van der Waals surface area contributed by atoms with Crippen LogP contribution in [0.25, 0.3) is 10.8 Å². The third kappa shape index (κ3) is 2.86. The van der Waals surface area contributed by atoms with Crippen molar-refractivity contribution < 1.29 is 9.32 Å². The van der Waals surface area contributed by atoms with E-state index in [9.17, 15) is 4.79 Å². The molecule has 26 heavy (non-hydrogen) atoms. The van der Waals surface area contributed by atoms with Crippen LogP contribution in [0.3, 0.4) is 0 Å². The van der Waals surface area contributed by atoms with E-state index in [1.54, 1.807) is 30.8 Å². The van der Waals surface area contributed by atoms with Crippen molar-refractivity contribution in [2.45, 2.75) is 20.4 Å². The molecular formula is C20H18N4O2. The average Bonchev–Trinajstić information content (AvgIpc) is 3.21. The summed E-state index contributed by atoms with van der Waals surface area (Å²) in [5.41, 5.74) is 2.17. The number of amides is 1. The minimum Gasteiger partial charge on any atom is -0.361 e. The molecule has 4 rings (SSSR count). The average molecular weight is 346 g/mol. The van der Waals surface area contributed by atoms with Gasteiger partial charge in [0.2, 0.25) is 0 Å². The summed E-state index contributed by atoms with van der Waals surface area (Å²) in [6, 6.07) is 16.2. The van der Waals surface area contributed by atoms with Crippen molar-refractivity contribution in [2.24, 2.45) is 0 Å². The lowest BCUT2D eigenvalue weighted by atomic mass is 10.0. The van der Waals surface area contributed by atoms with E-state index in [4.69, 9.17) is 4.52 Å². The van der Waals surface area contributed by atoms with E-state index in [2.05, 4.69) is 39.8 Å². The summed E-state index contributed by atoms with van der Waals surface area (Å²) in [4.78, 5) is 12.6. The second-order valence-corrected chi connectivity index (χ2v) is 6.17. The molecule has 6 nitrogen and oxygen atoms in total. The largest absolute Gasteiger partial charge is 0.361 e. The Kier molecular flexibility index (Phi) is 4.01. The topological polar surface area (TPSA) is 73.0 Å². The number of fused-ring (bicyclic) bond motifs is 1. The van der Waals surface area contributed by atoms with Gasteiger partial charge in [-0.1, -0.05) is 47.6 Å². The van der Waals surface area contributed by atoms with Gasteiger partial charge in [0.15, 0.2) is 0 Å². The highest BCUT2D eigenvalue weighted by atomic mass is 16.5. The Bertz CT molecular complexity index is 1070. The molecule has 0 aliphatic rings. The molecule has 0 unspecified atom stereocenters. The van der Waals surface area contributed by atoms with Crippen LogP contribution in [0.1, 0.15) is 27.4 Å². The van der Waals surface area contributed by atoms with Gasteiger partial charge < -0.3 is 9.84 Å². The number of hydrogen-bond acceptors (Lipinski definition) is 4. The van der Waals surface area contributed by atoms with Gasteiger partial charge in [-0.15, -0.1) is 0 Å². The molecule has 2 aromatic carbocycles. The van der Waals surface area contributed by atoms with Gasteiger partial charge in [0.1, 0.15) is 17.1 Å². The van der Waals surface area contributed by atoms with Crippen molar-refractivity contribution in [1.29, 1.82) is 0 Å². The smallest absolute Gasteiger partial charge is 0.262 e. The third-order valence-electron chi connectivity index (χ3n) is 4.42. The Hall–Kier alpha value is -3.41. The summed E-state index contributed by atoms with van der Waals surface area (Å²) >= 11 is 0. The molecule has 0 saturated heterocycles. The monoisotopic (exact) mass is 346 g/mol. The van der Waals surface area contributed by atoms with Crippen LogP contribution in [0.15, 0.2) is 59.3 Å². The third-order valence-corrected chi connectivity index (χ3v) is 4.42. The summed E-state index contributed by atoms with van der Waals surface area (Å²) in [5, 5.41) is 13.5. The standard InChI is InChI=1S/C20H18N4O2/c1-13-19(14(2)26-23-13)20(25)22-18-10-11-21-24(18)12-16-8-5-7-15-6-3-4-9-17(15)16/h3-11H,12H2,1-2H3,(H,22,25). The fourth-order valence-electron chi connectivity index (χ4n) is 3.14. The van der Waals surface area contributed by atoms with E-state index in [1.807, 2.05) is 18.2 Å². The minimum atomic E-state index is -0.249. The Morgan fingerprint density at radius 3 is 2.73 bits per heavy atom. The van der Waals surface area contributed by atoms with Crippen LogP contribution in [-0.2, 0) is 6.54 Å². The lowest BCUT2D eigenvalue weighted by molar-refractivity contribution is 0.102. The lowest BCUT2D eigenvalue weighted by Gasteiger charge is -2.11. The van der Waals surface area contributed by atoms with E-state index in [-0.39, 0.29) is 5.91 Å². The number of aromatic nitrogens is 3. The predicted molar refractivity (Wildman–Crippen MR) is 99.2 cm³/mol. The molecular weight excluding hydrogens is 328 g/mol. The summed E-state index contributed by atoms with van der Waals surface area (Å²) < 4.78 is 6.85. The number of carbonyl (C=O) groups is 1. The molecule has 0 aliphatic carbocycles.